The highest BCUT2D eigenvalue weighted by molar-refractivity contribution is 5.96. The van der Waals surface area contributed by atoms with Crippen LogP contribution in [0.25, 0.3) is 0 Å². The molecule has 4 rings (SSSR count). The molecule has 2 heterocycles. The lowest BCUT2D eigenvalue weighted by atomic mass is 10.1. The van der Waals surface area contributed by atoms with Crippen LogP contribution in [0, 0.1) is 6.92 Å². The Balaban J connectivity index is 1.53. The van der Waals surface area contributed by atoms with Crippen LogP contribution in [0.15, 0.2) is 59.0 Å². The SMILES string of the molecule is CCOCCCN(CC(=O)N(Cc1ccc2c(c1)OCO2)Cc1ccc(C)o1)C(=O)c1ccc(CC)cc1. The Morgan fingerprint density at radius 2 is 1.66 bits per heavy atom. The quantitative estimate of drug-likeness (QED) is 0.296. The zero-order valence-corrected chi connectivity index (χ0v) is 22.4. The van der Waals surface area contributed by atoms with Crippen LogP contribution in [0.1, 0.15) is 53.3 Å². The molecule has 0 radical (unpaired) electrons. The van der Waals surface area contributed by atoms with E-state index in [9.17, 15) is 9.59 Å². The van der Waals surface area contributed by atoms with Gasteiger partial charge in [0.05, 0.1) is 6.54 Å². The van der Waals surface area contributed by atoms with E-state index in [-0.39, 0.29) is 31.7 Å². The van der Waals surface area contributed by atoms with Gasteiger partial charge in [-0.2, -0.15) is 0 Å². The largest absolute Gasteiger partial charge is 0.464 e. The van der Waals surface area contributed by atoms with Gasteiger partial charge < -0.3 is 28.4 Å². The molecular formula is C30H36N2O6. The Hall–Kier alpha value is -3.78. The monoisotopic (exact) mass is 520 g/mol. The summed E-state index contributed by atoms with van der Waals surface area (Å²) >= 11 is 0. The van der Waals surface area contributed by atoms with Crippen LogP contribution in [0.3, 0.4) is 0 Å². The second-order valence-electron chi connectivity index (χ2n) is 9.28. The molecule has 0 saturated heterocycles. The molecule has 0 fully saturated rings. The van der Waals surface area contributed by atoms with Crippen molar-refractivity contribution in [1.29, 1.82) is 0 Å². The van der Waals surface area contributed by atoms with E-state index in [1.807, 2.05) is 68.4 Å². The number of carbonyl (C=O) groups excluding carboxylic acids is 2. The fourth-order valence-corrected chi connectivity index (χ4v) is 4.33. The fourth-order valence-electron chi connectivity index (χ4n) is 4.33. The number of hydrogen-bond acceptors (Lipinski definition) is 6. The Labute approximate surface area is 224 Å². The van der Waals surface area contributed by atoms with Crippen LogP contribution >= 0.6 is 0 Å². The number of aryl methyl sites for hydroxylation is 2. The van der Waals surface area contributed by atoms with Crippen molar-refractivity contribution >= 4 is 11.8 Å². The summed E-state index contributed by atoms with van der Waals surface area (Å²) in [5.41, 5.74) is 2.62. The van der Waals surface area contributed by atoms with Gasteiger partial charge in [0, 0.05) is 31.9 Å². The summed E-state index contributed by atoms with van der Waals surface area (Å²) < 4.78 is 22.2. The van der Waals surface area contributed by atoms with Crippen LogP contribution in [-0.4, -0.2) is 54.7 Å². The lowest BCUT2D eigenvalue weighted by Crippen LogP contribution is -2.43. The van der Waals surface area contributed by atoms with Gasteiger partial charge in [0.25, 0.3) is 5.91 Å². The Kier molecular flexibility index (Phi) is 9.43. The summed E-state index contributed by atoms with van der Waals surface area (Å²) in [4.78, 5) is 30.5. The molecule has 0 unspecified atom stereocenters. The maximum atomic E-state index is 13.7. The van der Waals surface area contributed by atoms with Crippen LogP contribution in [0.2, 0.25) is 0 Å². The first kappa shape index (κ1) is 27.3. The van der Waals surface area contributed by atoms with Gasteiger partial charge in [-0.05, 0) is 74.2 Å². The van der Waals surface area contributed by atoms with Crippen molar-refractivity contribution in [2.75, 3.05) is 33.1 Å². The van der Waals surface area contributed by atoms with Gasteiger partial charge in [0.15, 0.2) is 11.5 Å². The summed E-state index contributed by atoms with van der Waals surface area (Å²) in [6, 6.07) is 17.0. The van der Waals surface area contributed by atoms with Gasteiger partial charge in [-0.15, -0.1) is 0 Å². The summed E-state index contributed by atoms with van der Waals surface area (Å²) in [5, 5.41) is 0. The molecular weight excluding hydrogens is 484 g/mol. The Morgan fingerprint density at radius 1 is 0.895 bits per heavy atom. The smallest absolute Gasteiger partial charge is 0.254 e. The van der Waals surface area contributed by atoms with Gasteiger partial charge in [-0.3, -0.25) is 9.59 Å². The molecule has 2 aromatic carbocycles. The molecule has 8 nitrogen and oxygen atoms in total. The fraction of sp³-hybridized carbons (Fsp3) is 0.400. The first-order chi connectivity index (χ1) is 18.5. The topological polar surface area (TPSA) is 81.5 Å². The number of carbonyl (C=O) groups is 2. The van der Waals surface area contributed by atoms with E-state index >= 15 is 0 Å². The molecule has 38 heavy (non-hydrogen) atoms. The number of furan rings is 1. The summed E-state index contributed by atoms with van der Waals surface area (Å²) in [7, 11) is 0. The van der Waals surface area contributed by atoms with Crippen molar-refractivity contribution in [2.24, 2.45) is 0 Å². The average molecular weight is 521 g/mol. The van der Waals surface area contributed by atoms with Gasteiger partial charge in [-0.1, -0.05) is 25.1 Å². The zero-order chi connectivity index (χ0) is 26.9. The van der Waals surface area contributed by atoms with E-state index < -0.39 is 0 Å². The third kappa shape index (κ3) is 7.16. The summed E-state index contributed by atoms with van der Waals surface area (Å²) in [6.45, 7) is 8.18. The number of amides is 2. The van der Waals surface area contributed by atoms with E-state index in [1.54, 1.807) is 9.80 Å². The molecule has 1 aliphatic rings. The van der Waals surface area contributed by atoms with Crippen LogP contribution < -0.4 is 9.47 Å². The van der Waals surface area contributed by atoms with E-state index in [0.29, 0.717) is 55.5 Å². The number of ether oxygens (including phenoxy) is 3. The van der Waals surface area contributed by atoms with Crippen molar-refractivity contribution in [1.82, 2.24) is 9.80 Å². The maximum Gasteiger partial charge on any atom is 0.254 e. The van der Waals surface area contributed by atoms with E-state index in [1.165, 1.54) is 0 Å². The lowest BCUT2D eigenvalue weighted by Gasteiger charge is -2.27. The third-order valence-corrected chi connectivity index (χ3v) is 6.45. The van der Waals surface area contributed by atoms with Crippen LogP contribution in [0.5, 0.6) is 11.5 Å². The van der Waals surface area contributed by atoms with Crippen molar-refractivity contribution < 1.29 is 28.2 Å². The van der Waals surface area contributed by atoms with Crippen LogP contribution in [0.4, 0.5) is 0 Å². The first-order valence-corrected chi connectivity index (χ1v) is 13.1. The minimum Gasteiger partial charge on any atom is -0.464 e. The van der Waals surface area contributed by atoms with Crippen molar-refractivity contribution in [3.05, 3.63) is 82.8 Å². The highest BCUT2D eigenvalue weighted by Crippen LogP contribution is 2.33. The number of rotatable bonds is 13. The molecule has 0 spiro atoms. The average Bonchev–Trinajstić information content (AvgIpc) is 3.57. The molecule has 0 saturated carbocycles. The minimum absolute atomic E-state index is 0.0509. The molecule has 0 N–H and O–H groups in total. The molecule has 2 amide bonds. The van der Waals surface area contributed by atoms with E-state index in [0.717, 1.165) is 23.3 Å². The molecule has 3 aromatic rings. The maximum absolute atomic E-state index is 13.7. The number of benzene rings is 2. The molecule has 8 heteroatoms. The van der Waals surface area contributed by atoms with Crippen molar-refractivity contribution in [2.45, 2.75) is 46.7 Å². The predicted molar refractivity (Wildman–Crippen MR) is 143 cm³/mol. The molecule has 0 bridgehead atoms. The van der Waals surface area contributed by atoms with Crippen molar-refractivity contribution in [3.8, 4) is 11.5 Å². The van der Waals surface area contributed by atoms with Gasteiger partial charge >= 0.3 is 0 Å². The molecule has 0 aliphatic carbocycles. The van der Waals surface area contributed by atoms with Gasteiger partial charge in [-0.25, -0.2) is 0 Å². The highest BCUT2D eigenvalue weighted by Gasteiger charge is 2.24. The Morgan fingerprint density at radius 3 is 2.37 bits per heavy atom. The van der Waals surface area contributed by atoms with E-state index in [2.05, 4.69) is 6.92 Å². The van der Waals surface area contributed by atoms with Gasteiger partial charge in [0.1, 0.15) is 18.1 Å². The highest BCUT2D eigenvalue weighted by atomic mass is 16.7. The Bertz CT molecular complexity index is 1220. The number of nitrogens with zero attached hydrogens (tertiary/aromatic N) is 2. The minimum atomic E-state index is -0.174. The molecule has 0 atom stereocenters. The summed E-state index contributed by atoms with van der Waals surface area (Å²) in [5.74, 6) is 2.46. The van der Waals surface area contributed by atoms with Crippen LogP contribution in [-0.2, 0) is 29.0 Å². The normalized spacial score (nSPS) is 12.0. The zero-order valence-electron chi connectivity index (χ0n) is 22.4. The van der Waals surface area contributed by atoms with E-state index in [4.69, 9.17) is 18.6 Å². The predicted octanol–water partition coefficient (Wildman–Crippen LogP) is 4.98. The molecule has 1 aromatic heterocycles. The number of hydrogen-bond donors (Lipinski definition) is 0. The first-order valence-electron chi connectivity index (χ1n) is 13.1. The second-order valence-corrected chi connectivity index (χ2v) is 9.28. The third-order valence-electron chi connectivity index (χ3n) is 6.45. The number of fused-ring (bicyclic) bond motifs is 1. The molecule has 202 valence electrons. The molecule has 1 aliphatic heterocycles. The lowest BCUT2D eigenvalue weighted by molar-refractivity contribution is -0.133. The summed E-state index contributed by atoms with van der Waals surface area (Å²) in [6.07, 6.45) is 1.53. The second kappa shape index (κ2) is 13.1. The van der Waals surface area contributed by atoms with Gasteiger partial charge in [0.2, 0.25) is 12.7 Å². The van der Waals surface area contributed by atoms with Crippen molar-refractivity contribution in [3.63, 3.8) is 0 Å². The standard InChI is InChI=1S/C30H36N2O6/c1-4-23-8-11-25(12-9-23)30(34)31(15-6-16-35-5-2)20-29(33)32(19-26-13-7-22(3)38-26)18-24-10-14-27-28(17-24)37-21-36-27/h7-14,17H,4-6,15-16,18-21H2,1-3H3.